The molecular weight excluding hydrogens is 469 g/mol. The number of amides is 1. The number of carbonyl (C=O) groups is 1. The number of thiocarbonyl (C=S) groups is 1. The Morgan fingerprint density at radius 3 is 2.23 bits per heavy atom. The minimum atomic E-state index is -0.561. The summed E-state index contributed by atoms with van der Waals surface area (Å²) >= 11 is 8.65. The summed E-state index contributed by atoms with van der Waals surface area (Å²) in [6.07, 6.45) is 0. The molecule has 0 aromatic heterocycles. The fraction of sp³-hybridized carbons (Fsp3) is 0.0909. The van der Waals surface area contributed by atoms with Gasteiger partial charge in [0.05, 0.1) is 12.1 Å². The Bertz CT molecular complexity index is 1010. The summed E-state index contributed by atoms with van der Waals surface area (Å²) in [6.45, 7) is 1.00. The number of rotatable bonds is 7. The molecule has 0 aliphatic carbocycles. The van der Waals surface area contributed by atoms with Crippen molar-refractivity contribution in [2.24, 2.45) is 0 Å². The van der Waals surface area contributed by atoms with Crippen LogP contribution in [-0.2, 0) is 0 Å². The van der Waals surface area contributed by atoms with E-state index >= 15 is 0 Å². The lowest BCUT2D eigenvalue weighted by atomic mass is 10.2. The van der Waals surface area contributed by atoms with Crippen LogP contribution in [0.15, 0.2) is 77.3 Å². The van der Waals surface area contributed by atoms with Crippen molar-refractivity contribution in [2.75, 3.05) is 23.8 Å². The number of hydrogen-bond acceptors (Lipinski definition) is 3. The van der Waals surface area contributed by atoms with Crippen molar-refractivity contribution in [2.45, 2.75) is 0 Å². The molecule has 30 heavy (non-hydrogen) atoms. The number of ether oxygens (including phenoxy) is 1. The van der Waals surface area contributed by atoms with Gasteiger partial charge in [0.25, 0.3) is 5.91 Å². The van der Waals surface area contributed by atoms with Gasteiger partial charge in [-0.25, -0.2) is 4.39 Å². The Labute approximate surface area is 187 Å². The van der Waals surface area contributed by atoms with E-state index in [4.69, 9.17) is 17.0 Å². The molecule has 0 saturated carbocycles. The second-order valence-electron chi connectivity index (χ2n) is 6.19. The predicted molar refractivity (Wildman–Crippen MR) is 125 cm³/mol. The molecule has 3 N–H and O–H groups in total. The minimum Gasteiger partial charge on any atom is -0.492 e. The van der Waals surface area contributed by atoms with Gasteiger partial charge < -0.3 is 20.7 Å². The monoisotopic (exact) mass is 487 g/mol. The quantitative estimate of drug-likeness (QED) is 0.315. The lowest BCUT2D eigenvalue weighted by Gasteiger charge is -2.12. The molecule has 0 aliphatic rings. The SMILES string of the molecule is O=C(Nc1ccc(NC(=S)NCCOc2ccc(Br)cc2)cc1)c1ccccc1F. The van der Waals surface area contributed by atoms with Gasteiger partial charge in [-0.2, -0.15) is 0 Å². The summed E-state index contributed by atoms with van der Waals surface area (Å²) in [7, 11) is 0. The molecule has 0 saturated heterocycles. The van der Waals surface area contributed by atoms with Gasteiger partial charge in [-0.05, 0) is 72.9 Å². The Morgan fingerprint density at radius 2 is 1.57 bits per heavy atom. The molecule has 3 aromatic carbocycles. The molecule has 0 aliphatic heterocycles. The van der Waals surface area contributed by atoms with E-state index in [1.165, 1.54) is 18.2 Å². The fourth-order valence-corrected chi connectivity index (χ4v) is 3.00. The molecule has 154 valence electrons. The highest BCUT2D eigenvalue weighted by molar-refractivity contribution is 9.10. The summed E-state index contributed by atoms with van der Waals surface area (Å²) in [5.41, 5.74) is 1.30. The van der Waals surface area contributed by atoms with Crippen LogP contribution in [0.4, 0.5) is 15.8 Å². The number of halogens is 2. The summed E-state index contributed by atoms with van der Waals surface area (Å²) in [5, 5.41) is 9.24. The molecule has 3 aromatic rings. The van der Waals surface area contributed by atoms with Crippen LogP contribution in [0.2, 0.25) is 0 Å². The second-order valence-corrected chi connectivity index (χ2v) is 7.52. The molecule has 0 spiro atoms. The average Bonchev–Trinajstić information content (AvgIpc) is 2.74. The molecule has 3 rings (SSSR count). The molecule has 0 bridgehead atoms. The highest BCUT2D eigenvalue weighted by Gasteiger charge is 2.10. The molecule has 0 unspecified atom stereocenters. The van der Waals surface area contributed by atoms with Gasteiger partial charge in [-0.3, -0.25) is 4.79 Å². The average molecular weight is 488 g/mol. The topological polar surface area (TPSA) is 62.4 Å². The van der Waals surface area contributed by atoms with E-state index in [0.717, 1.165) is 15.9 Å². The van der Waals surface area contributed by atoms with Gasteiger partial charge in [0.2, 0.25) is 0 Å². The third-order valence-corrected chi connectivity index (χ3v) is 4.76. The first kappa shape index (κ1) is 21.7. The number of anilines is 2. The standard InChI is InChI=1S/C22H19BrFN3O2S/c23-15-5-11-18(12-6-15)29-14-13-25-22(30)27-17-9-7-16(8-10-17)26-21(28)19-3-1-2-4-20(19)24/h1-12H,13-14H2,(H,26,28)(H2,25,27,30). The van der Waals surface area contributed by atoms with Gasteiger partial charge in [0, 0.05) is 15.8 Å². The largest absolute Gasteiger partial charge is 0.492 e. The van der Waals surface area contributed by atoms with Crippen molar-refractivity contribution in [1.29, 1.82) is 0 Å². The predicted octanol–water partition coefficient (Wildman–Crippen LogP) is 5.21. The smallest absolute Gasteiger partial charge is 0.258 e. The summed E-state index contributed by atoms with van der Waals surface area (Å²) in [5.74, 6) is -0.280. The summed E-state index contributed by atoms with van der Waals surface area (Å²) < 4.78 is 20.3. The highest BCUT2D eigenvalue weighted by atomic mass is 79.9. The lowest BCUT2D eigenvalue weighted by Crippen LogP contribution is -2.31. The van der Waals surface area contributed by atoms with Crippen molar-refractivity contribution in [3.05, 3.63) is 88.6 Å². The van der Waals surface area contributed by atoms with Crippen molar-refractivity contribution in [1.82, 2.24) is 5.32 Å². The Kier molecular flexibility index (Phi) is 7.75. The Hall–Kier alpha value is -2.97. The molecule has 0 fully saturated rings. The molecule has 0 radical (unpaired) electrons. The zero-order valence-electron chi connectivity index (χ0n) is 15.8. The molecular formula is C22H19BrFN3O2S. The molecule has 1 amide bonds. The zero-order valence-corrected chi connectivity index (χ0v) is 18.2. The normalized spacial score (nSPS) is 10.2. The van der Waals surface area contributed by atoms with Crippen LogP contribution in [0.25, 0.3) is 0 Å². The van der Waals surface area contributed by atoms with Gasteiger partial charge in [0.15, 0.2) is 5.11 Å². The third-order valence-electron chi connectivity index (χ3n) is 3.99. The molecule has 5 nitrogen and oxygen atoms in total. The van der Waals surface area contributed by atoms with Crippen LogP contribution in [0.5, 0.6) is 5.75 Å². The van der Waals surface area contributed by atoms with Crippen LogP contribution < -0.4 is 20.7 Å². The Balaban J connectivity index is 1.42. The van der Waals surface area contributed by atoms with E-state index in [0.29, 0.717) is 24.0 Å². The first-order valence-electron chi connectivity index (χ1n) is 9.10. The fourth-order valence-electron chi connectivity index (χ4n) is 2.52. The second kappa shape index (κ2) is 10.7. The van der Waals surface area contributed by atoms with Crippen molar-refractivity contribution in [3.63, 3.8) is 0 Å². The van der Waals surface area contributed by atoms with Gasteiger partial charge in [-0.15, -0.1) is 0 Å². The maximum atomic E-state index is 13.7. The van der Waals surface area contributed by atoms with Gasteiger partial charge in [0.1, 0.15) is 18.2 Å². The zero-order chi connectivity index (χ0) is 21.3. The summed E-state index contributed by atoms with van der Waals surface area (Å²) in [6, 6.07) is 20.4. The van der Waals surface area contributed by atoms with Crippen molar-refractivity contribution in [3.8, 4) is 5.75 Å². The number of hydrogen-bond donors (Lipinski definition) is 3. The number of nitrogens with one attached hydrogen (secondary N) is 3. The van der Waals surface area contributed by atoms with E-state index in [9.17, 15) is 9.18 Å². The number of carbonyl (C=O) groups excluding carboxylic acids is 1. The third kappa shape index (κ3) is 6.53. The highest BCUT2D eigenvalue weighted by Crippen LogP contribution is 2.17. The lowest BCUT2D eigenvalue weighted by molar-refractivity contribution is 0.102. The molecule has 0 heterocycles. The maximum Gasteiger partial charge on any atom is 0.258 e. The van der Waals surface area contributed by atoms with E-state index in [-0.39, 0.29) is 5.56 Å². The number of benzene rings is 3. The van der Waals surface area contributed by atoms with Gasteiger partial charge >= 0.3 is 0 Å². The first-order valence-corrected chi connectivity index (χ1v) is 10.3. The molecule has 0 atom stereocenters. The van der Waals surface area contributed by atoms with Crippen molar-refractivity contribution < 1.29 is 13.9 Å². The molecule has 8 heteroatoms. The first-order chi connectivity index (χ1) is 14.5. The Morgan fingerprint density at radius 1 is 0.933 bits per heavy atom. The van der Waals surface area contributed by atoms with Crippen LogP contribution in [0.1, 0.15) is 10.4 Å². The van der Waals surface area contributed by atoms with E-state index in [1.54, 1.807) is 30.3 Å². The maximum absolute atomic E-state index is 13.7. The van der Waals surface area contributed by atoms with Crippen LogP contribution in [-0.4, -0.2) is 24.2 Å². The summed E-state index contributed by atoms with van der Waals surface area (Å²) in [4.78, 5) is 12.2. The van der Waals surface area contributed by atoms with E-state index in [1.807, 2.05) is 24.3 Å². The van der Waals surface area contributed by atoms with E-state index in [2.05, 4.69) is 31.9 Å². The van der Waals surface area contributed by atoms with E-state index < -0.39 is 11.7 Å². The van der Waals surface area contributed by atoms with Crippen LogP contribution in [0, 0.1) is 5.82 Å². The van der Waals surface area contributed by atoms with Crippen LogP contribution >= 0.6 is 28.1 Å². The minimum absolute atomic E-state index is 0.00423. The van der Waals surface area contributed by atoms with Crippen molar-refractivity contribution >= 4 is 50.5 Å². The van der Waals surface area contributed by atoms with Crippen LogP contribution in [0.3, 0.4) is 0 Å². The van der Waals surface area contributed by atoms with Gasteiger partial charge in [-0.1, -0.05) is 28.1 Å².